The average Bonchev–Trinajstić information content (AvgIpc) is 2.73. The van der Waals surface area contributed by atoms with Crippen molar-refractivity contribution >= 4 is 33.3 Å². The van der Waals surface area contributed by atoms with Gasteiger partial charge in [0.05, 0.1) is 5.02 Å². The molecule has 1 heterocycles. The molecule has 0 atom stereocenters. The third kappa shape index (κ3) is 3.11. The number of hydroxylamine groups is 2. The second kappa shape index (κ2) is 5.12. The van der Waals surface area contributed by atoms with Crippen LogP contribution in [0.25, 0.3) is 0 Å². The molecule has 0 aliphatic carbocycles. The summed E-state index contributed by atoms with van der Waals surface area (Å²) in [7, 11) is -3.89. The first-order chi connectivity index (χ1) is 7.99. The van der Waals surface area contributed by atoms with Crippen molar-refractivity contribution in [3.05, 3.63) is 28.2 Å². The van der Waals surface area contributed by atoms with Crippen molar-refractivity contribution < 1.29 is 12.7 Å². The van der Waals surface area contributed by atoms with Crippen LogP contribution in [0.5, 0.6) is 0 Å². The van der Waals surface area contributed by atoms with Gasteiger partial charge < -0.3 is 0 Å². The summed E-state index contributed by atoms with van der Waals surface area (Å²) in [4.78, 5) is -0.0985. The molecule has 1 fully saturated rings. The van der Waals surface area contributed by atoms with Crippen LogP contribution >= 0.6 is 23.2 Å². The van der Waals surface area contributed by atoms with Crippen molar-refractivity contribution in [2.45, 2.75) is 17.7 Å². The molecular weight excluding hydrogens is 285 g/mol. The van der Waals surface area contributed by atoms with E-state index in [2.05, 4.69) is 0 Å². The summed E-state index contributed by atoms with van der Waals surface area (Å²) in [5, 5.41) is 1.83. The van der Waals surface area contributed by atoms with E-state index in [1.165, 1.54) is 23.3 Å². The van der Waals surface area contributed by atoms with Crippen LogP contribution in [0.15, 0.2) is 23.1 Å². The lowest BCUT2D eigenvalue weighted by Crippen LogP contribution is -2.24. The van der Waals surface area contributed by atoms with Crippen molar-refractivity contribution in [2.24, 2.45) is 0 Å². The molecule has 0 N–H and O–H groups in total. The second-order valence-corrected chi connectivity index (χ2v) is 6.08. The molecule has 0 radical (unpaired) electrons. The van der Waals surface area contributed by atoms with Gasteiger partial charge in [-0.25, -0.2) is 0 Å². The maximum absolute atomic E-state index is 12.0. The molecule has 7 heteroatoms. The van der Waals surface area contributed by atoms with Crippen LogP contribution in [0.4, 0.5) is 0 Å². The first-order valence-electron chi connectivity index (χ1n) is 5.14. The van der Waals surface area contributed by atoms with E-state index in [0.717, 1.165) is 12.8 Å². The van der Waals surface area contributed by atoms with E-state index in [1.807, 2.05) is 0 Å². The van der Waals surface area contributed by atoms with Gasteiger partial charge in [-0.05, 0) is 31.0 Å². The number of nitrogens with zero attached hydrogens (tertiary/aromatic N) is 1. The summed E-state index contributed by atoms with van der Waals surface area (Å²) in [5.41, 5.74) is 0. The van der Waals surface area contributed by atoms with E-state index in [9.17, 15) is 8.42 Å². The van der Waals surface area contributed by atoms with Gasteiger partial charge in [-0.15, -0.1) is 0 Å². The highest BCUT2D eigenvalue weighted by Gasteiger charge is 2.25. The Labute approximate surface area is 110 Å². The molecule has 0 bridgehead atoms. The first kappa shape index (κ1) is 13.1. The highest BCUT2D eigenvalue weighted by molar-refractivity contribution is 7.86. The highest BCUT2D eigenvalue weighted by atomic mass is 35.5. The van der Waals surface area contributed by atoms with Gasteiger partial charge in [-0.2, -0.15) is 17.8 Å². The SMILES string of the molecule is O=S(=O)(ON1CCCC1)c1cc(Cl)ccc1Cl. The summed E-state index contributed by atoms with van der Waals surface area (Å²) in [5.74, 6) is 0. The van der Waals surface area contributed by atoms with E-state index in [4.69, 9.17) is 27.5 Å². The Morgan fingerprint density at radius 1 is 1.18 bits per heavy atom. The zero-order valence-corrected chi connectivity index (χ0v) is 11.2. The largest absolute Gasteiger partial charge is 0.314 e. The van der Waals surface area contributed by atoms with Gasteiger partial charge in [0, 0.05) is 18.1 Å². The normalized spacial score (nSPS) is 17.5. The Hall–Kier alpha value is -0.330. The third-order valence-electron chi connectivity index (χ3n) is 2.43. The fourth-order valence-electron chi connectivity index (χ4n) is 1.61. The molecular formula is C10H11Cl2NO3S. The van der Waals surface area contributed by atoms with E-state index < -0.39 is 10.1 Å². The fourth-order valence-corrected chi connectivity index (χ4v) is 3.33. The zero-order valence-electron chi connectivity index (χ0n) is 8.90. The number of hydrogen-bond donors (Lipinski definition) is 0. The monoisotopic (exact) mass is 295 g/mol. The Kier molecular flexibility index (Phi) is 3.95. The quantitative estimate of drug-likeness (QED) is 0.860. The summed E-state index contributed by atoms with van der Waals surface area (Å²) in [6.45, 7) is 1.22. The van der Waals surface area contributed by atoms with Crippen LogP contribution in [0.2, 0.25) is 10.0 Å². The van der Waals surface area contributed by atoms with Crippen molar-refractivity contribution in [1.82, 2.24) is 5.06 Å². The molecule has 1 aromatic rings. The minimum Gasteiger partial charge on any atom is -0.192 e. The number of halogens is 2. The standard InChI is InChI=1S/C10H11Cl2NO3S/c11-8-3-4-9(12)10(7-8)17(14,15)16-13-5-1-2-6-13/h3-4,7H,1-2,5-6H2. The van der Waals surface area contributed by atoms with Crippen molar-refractivity contribution in [2.75, 3.05) is 13.1 Å². The van der Waals surface area contributed by atoms with Crippen LogP contribution in [0.1, 0.15) is 12.8 Å². The van der Waals surface area contributed by atoms with Crippen LogP contribution < -0.4 is 0 Å². The Morgan fingerprint density at radius 2 is 1.82 bits per heavy atom. The van der Waals surface area contributed by atoms with Gasteiger partial charge in [0.15, 0.2) is 0 Å². The molecule has 1 aromatic carbocycles. The lowest BCUT2D eigenvalue weighted by atomic mass is 10.4. The molecule has 17 heavy (non-hydrogen) atoms. The van der Waals surface area contributed by atoms with Crippen LogP contribution in [0.3, 0.4) is 0 Å². The number of hydrogen-bond acceptors (Lipinski definition) is 4. The van der Waals surface area contributed by atoms with Gasteiger partial charge >= 0.3 is 10.1 Å². The molecule has 2 rings (SSSR count). The first-order valence-corrected chi connectivity index (χ1v) is 7.30. The molecule has 1 aliphatic rings. The lowest BCUT2D eigenvalue weighted by molar-refractivity contribution is -0.0269. The fraction of sp³-hybridized carbons (Fsp3) is 0.400. The maximum atomic E-state index is 12.0. The van der Waals surface area contributed by atoms with Crippen molar-refractivity contribution in [3.8, 4) is 0 Å². The van der Waals surface area contributed by atoms with Gasteiger partial charge in [0.1, 0.15) is 4.90 Å². The minimum absolute atomic E-state index is 0.0985. The summed E-state index contributed by atoms with van der Waals surface area (Å²) >= 11 is 11.6. The van der Waals surface area contributed by atoms with E-state index >= 15 is 0 Å². The van der Waals surface area contributed by atoms with Crippen LogP contribution in [0, 0.1) is 0 Å². The third-order valence-corrected chi connectivity index (χ3v) is 4.39. The van der Waals surface area contributed by atoms with Gasteiger partial charge in [0.25, 0.3) is 0 Å². The summed E-state index contributed by atoms with van der Waals surface area (Å²) in [6, 6.07) is 4.25. The summed E-state index contributed by atoms with van der Waals surface area (Å²) in [6.07, 6.45) is 1.86. The molecule has 1 saturated heterocycles. The molecule has 0 saturated carbocycles. The summed E-state index contributed by atoms with van der Waals surface area (Å²) < 4.78 is 28.9. The Bertz CT molecular complexity index is 512. The molecule has 0 spiro atoms. The average molecular weight is 296 g/mol. The Balaban J connectivity index is 2.27. The van der Waals surface area contributed by atoms with E-state index in [0.29, 0.717) is 18.1 Å². The topological polar surface area (TPSA) is 46.6 Å². The smallest absolute Gasteiger partial charge is 0.192 e. The lowest BCUT2D eigenvalue weighted by Gasteiger charge is -2.14. The molecule has 0 unspecified atom stereocenters. The second-order valence-electron chi connectivity index (χ2n) is 3.74. The minimum atomic E-state index is -3.89. The number of benzene rings is 1. The predicted octanol–water partition coefficient (Wildman–Crippen LogP) is 2.71. The molecule has 0 amide bonds. The van der Waals surface area contributed by atoms with E-state index in [-0.39, 0.29) is 9.92 Å². The van der Waals surface area contributed by atoms with Crippen molar-refractivity contribution in [3.63, 3.8) is 0 Å². The van der Waals surface area contributed by atoms with Crippen LogP contribution in [-0.4, -0.2) is 26.6 Å². The highest BCUT2D eigenvalue weighted by Crippen LogP contribution is 2.27. The van der Waals surface area contributed by atoms with Gasteiger partial charge in [-0.1, -0.05) is 23.2 Å². The Morgan fingerprint density at radius 3 is 2.47 bits per heavy atom. The van der Waals surface area contributed by atoms with E-state index in [1.54, 1.807) is 0 Å². The van der Waals surface area contributed by atoms with Gasteiger partial charge in [-0.3, -0.25) is 0 Å². The van der Waals surface area contributed by atoms with Crippen molar-refractivity contribution in [1.29, 1.82) is 0 Å². The molecule has 4 nitrogen and oxygen atoms in total. The van der Waals surface area contributed by atoms with Gasteiger partial charge in [0.2, 0.25) is 0 Å². The number of rotatable bonds is 3. The van der Waals surface area contributed by atoms with Crippen LogP contribution in [-0.2, 0) is 14.4 Å². The molecule has 1 aliphatic heterocycles. The zero-order chi connectivity index (χ0) is 12.5. The molecule has 94 valence electrons. The maximum Gasteiger partial charge on any atom is 0.314 e. The predicted molar refractivity (Wildman–Crippen MR) is 65.5 cm³/mol. The molecule has 0 aromatic heterocycles.